The molecule has 0 bridgehead atoms. The van der Waals surface area contributed by atoms with E-state index >= 15 is 0 Å². The first kappa shape index (κ1) is 28.3. The van der Waals surface area contributed by atoms with E-state index in [4.69, 9.17) is 18.8 Å². The molecule has 0 atom stereocenters. The second-order valence-corrected chi connectivity index (χ2v) is 12.5. The lowest BCUT2D eigenvalue weighted by molar-refractivity contribution is 0.669. The van der Waals surface area contributed by atoms with E-state index < -0.39 is 0 Å². The molecule has 0 saturated carbocycles. The molecule has 0 spiro atoms. The fraction of sp³-hybridized carbons (Fsp3) is 0. The van der Waals surface area contributed by atoms with Crippen molar-refractivity contribution in [3.05, 3.63) is 170 Å². The zero-order valence-electron chi connectivity index (χ0n) is 26.9. The Morgan fingerprint density at radius 2 is 0.900 bits per heavy atom. The third-order valence-corrected chi connectivity index (χ3v) is 9.55. The Morgan fingerprint density at radius 1 is 0.340 bits per heavy atom. The smallest absolute Gasteiger partial charge is 0.160 e. The number of furan rings is 2. The fourth-order valence-electron chi connectivity index (χ4n) is 7.09. The molecule has 0 amide bonds. The highest BCUT2D eigenvalue weighted by molar-refractivity contribution is 6.12. The van der Waals surface area contributed by atoms with Crippen molar-refractivity contribution < 1.29 is 8.83 Å². The Bertz CT molecular complexity index is 2850. The summed E-state index contributed by atoms with van der Waals surface area (Å²) in [6.45, 7) is 0. The molecule has 0 radical (unpaired) electrons. The maximum atomic E-state index is 6.45. The molecule has 0 fully saturated rings. The molecule has 234 valence electrons. The van der Waals surface area contributed by atoms with E-state index in [0.29, 0.717) is 5.82 Å². The van der Waals surface area contributed by atoms with Crippen molar-refractivity contribution in [1.29, 1.82) is 0 Å². The van der Waals surface area contributed by atoms with Gasteiger partial charge in [0.05, 0.1) is 11.4 Å². The number of hydrogen-bond donors (Lipinski definition) is 0. The summed E-state index contributed by atoms with van der Waals surface area (Å²) in [6, 6.07) is 58.5. The zero-order valence-corrected chi connectivity index (χ0v) is 26.9. The van der Waals surface area contributed by atoms with Crippen molar-refractivity contribution >= 4 is 43.9 Å². The molecule has 10 rings (SSSR count). The van der Waals surface area contributed by atoms with Gasteiger partial charge in [0.15, 0.2) is 5.82 Å². The van der Waals surface area contributed by atoms with Gasteiger partial charge in [0.1, 0.15) is 22.3 Å². The van der Waals surface area contributed by atoms with Crippen molar-refractivity contribution in [2.45, 2.75) is 0 Å². The maximum absolute atomic E-state index is 6.45. The Labute approximate surface area is 287 Å². The monoisotopic (exact) mass is 640 g/mol. The van der Waals surface area contributed by atoms with Gasteiger partial charge in [0.25, 0.3) is 0 Å². The van der Waals surface area contributed by atoms with Crippen LogP contribution in [0.5, 0.6) is 0 Å². The summed E-state index contributed by atoms with van der Waals surface area (Å²) in [4.78, 5) is 10.3. The van der Waals surface area contributed by atoms with Gasteiger partial charge in [-0.1, -0.05) is 140 Å². The minimum absolute atomic E-state index is 0.649. The second-order valence-electron chi connectivity index (χ2n) is 12.5. The first-order valence-corrected chi connectivity index (χ1v) is 16.7. The lowest BCUT2D eigenvalue weighted by atomic mass is 9.98. The second kappa shape index (κ2) is 11.4. The van der Waals surface area contributed by atoms with E-state index in [2.05, 4.69) is 127 Å². The predicted octanol–water partition coefficient (Wildman–Crippen LogP) is 12.6. The van der Waals surface area contributed by atoms with Crippen LogP contribution in [-0.2, 0) is 0 Å². The van der Waals surface area contributed by atoms with Gasteiger partial charge in [-0.05, 0) is 52.6 Å². The van der Waals surface area contributed by atoms with Gasteiger partial charge in [0.2, 0.25) is 0 Å². The summed E-state index contributed by atoms with van der Waals surface area (Å²) in [5.41, 5.74) is 12.5. The van der Waals surface area contributed by atoms with Crippen LogP contribution in [0.1, 0.15) is 0 Å². The summed E-state index contributed by atoms with van der Waals surface area (Å²) in [7, 11) is 0. The van der Waals surface area contributed by atoms with Gasteiger partial charge in [-0.15, -0.1) is 0 Å². The predicted molar refractivity (Wildman–Crippen MR) is 204 cm³/mol. The van der Waals surface area contributed by atoms with Crippen molar-refractivity contribution in [1.82, 2.24) is 9.97 Å². The van der Waals surface area contributed by atoms with Crippen LogP contribution in [0.15, 0.2) is 179 Å². The third-order valence-electron chi connectivity index (χ3n) is 9.55. The number of benzene rings is 7. The van der Waals surface area contributed by atoms with Crippen molar-refractivity contribution in [3.63, 3.8) is 0 Å². The molecule has 0 N–H and O–H groups in total. The van der Waals surface area contributed by atoms with Gasteiger partial charge in [-0.2, -0.15) is 0 Å². The molecule has 50 heavy (non-hydrogen) atoms. The molecule has 7 aromatic carbocycles. The van der Waals surface area contributed by atoms with Gasteiger partial charge in [-0.25, -0.2) is 9.97 Å². The molecular weight excluding hydrogens is 613 g/mol. The van der Waals surface area contributed by atoms with Crippen molar-refractivity contribution in [3.8, 4) is 56.2 Å². The van der Waals surface area contributed by atoms with Gasteiger partial charge < -0.3 is 8.83 Å². The van der Waals surface area contributed by atoms with E-state index in [9.17, 15) is 0 Å². The molecule has 4 nitrogen and oxygen atoms in total. The number of hydrogen-bond acceptors (Lipinski definition) is 4. The average molecular weight is 641 g/mol. The number of fused-ring (bicyclic) bond motifs is 6. The third kappa shape index (κ3) is 4.69. The molecule has 3 heterocycles. The lowest BCUT2D eigenvalue weighted by Crippen LogP contribution is -1.96. The molecule has 10 aromatic rings. The summed E-state index contributed by atoms with van der Waals surface area (Å²) in [5.74, 6) is 0.649. The van der Waals surface area contributed by atoms with Crippen LogP contribution in [0, 0.1) is 0 Å². The SMILES string of the molecule is c1ccc(-c2ccc(-c3cc(-c4cccc5c4oc4ccccc45)nc(-c4ccc(-c5cccc6oc7ccccc7c56)cc4)n3)cc2)cc1. The van der Waals surface area contributed by atoms with Crippen LogP contribution >= 0.6 is 0 Å². The lowest BCUT2D eigenvalue weighted by Gasteiger charge is -2.11. The molecule has 0 saturated heterocycles. The summed E-state index contributed by atoms with van der Waals surface area (Å²) in [6.07, 6.45) is 0. The Hall–Kier alpha value is -6.78. The van der Waals surface area contributed by atoms with Crippen LogP contribution in [0.25, 0.3) is 100 Å². The first-order valence-electron chi connectivity index (χ1n) is 16.7. The first-order chi connectivity index (χ1) is 24.8. The van der Waals surface area contributed by atoms with E-state index in [-0.39, 0.29) is 0 Å². The summed E-state index contributed by atoms with van der Waals surface area (Å²) >= 11 is 0. The largest absolute Gasteiger partial charge is 0.456 e. The van der Waals surface area contributed by atoms with Gasteiger partial charge in [-0.3, -0.25) is 0 Å². The Balaban J connectivity index is 1.12. The number of rotatable bonds is 5. The van der Waals surface area contributed by atoms with E-state index in [1.54, 1.807) is 0 Å². The molecule has 3 aromatic heterocycles. The van der Waals surface area contributed by atoms with Crippen LogP contribution < -0.4 is 0 Å². The van der Waals surface area contributed by atoms with Crippen molar-refractivity contribution in [2.75, 3.05) is 0 Å². The van der Waals surface area contributed by atoms with Crippen LogP contribution in [-0.4, -0.2) is 9.97 Å². The highest BCUT2D eigenvalue weighted by Gasteiger charge is 2.17. The van der Waals surface area contributed by atoms with Crippen LogP contribution in [0.4, 0.5) is 0 Å². The molecule has 4 heteroatoms. The number of nitrogens with zero attached hydrogens (tertiary/aromatic N) is 2. The molecule has 0 aliphatic rings. The molecule has 0 aliphatic carbocycles. The van der Waals surface area contributed by atoms with Crippen LogP contribution in [0.3, 0.4) is 0 Å². The number of aromatic nitrogens is 2. The molecule has 0 unspecified atom stereocenters. The average Bonchev–Trinajstić information content (AvgIpc) is 3.77. The Morgan fingerprint density at radius 3 is 1.72 bits per heavy atom. The topological polar surface area (TPSA) is 52.1 Å². The van der Waals surface area contributed by atoms with Gasteiger partial charge >= 0.3 is 0 Å². The molecule has 0 aliphatic heterocycles. The zero-order chi connectivity index (χ0) is 33.0. The number of para-hydroxylation sites is 3. The fourth-order valence-corrected chi connectivity index (χ4v) is 7.09. The van der Waals surface area contributed by atoms with E-state index in [0.717, 1.165) is 88.6 Å². The standard InChI is InChI=1S/C46H28N2O2/c1-2-10-29(11-3-1)30-20-24-32(25-21-30)39-28-40(37-16-8-15-36-35-12-4-6-17-41(35)50-45(36)37)48-46(47-39)33-26-22-31(23-27-33)34-14-9-19-43-44(34)38-13-5-7-18-42(38)49-43/h1-28H. The highest BCUT2D eigenvalue weighted by atomic mass is 16.3. The maximum Gasteiger partial charge on any atom is 0.160 e. The quantitative estimate of drug-likeness (QED) is 0.188. The van der Waals surface area contributed by atoms with Gasteiger partial charge in [0, 0.05) is 38.2 Å². The minimum atomic E-state index is 0.649. The minimum Gasteiger partial charge on any atom is -0.456 e. The normalized spacial score (nSPS) is 11.6. The van der Waals surface area contributed by atoms with Crippen LogP contribution in [0.2, 0.25) is 0 Å². The highest BCUT2D eigenvalue weighted by Crippen LogP contribution is 2.39. The van der Waals surface area contributed by atoms with E-state index in [1.165, 1.54) is 5.56 Å². The summed E-state index contributed by atoms with van der Waals surface area (Å²) < 4.78 is 12.6. The van der Waals surface area contributed by atoms with Crippen molar-refractivity contribution in [2.24, 2.45) is 0 Å². The molecular formula is C46H28N2O2. The summed E-state index contributed by atoms with van der Waals surface area (Å²) in [5, 5.41) is 4.39. The van der Waals surface area contributed by atoms with E-state index in [1.807, 2.05) is 42.5 Å². The Kier molecular flexibility index (Phi) is 6.46.